The number of hydrogen-bond acceptors (Lipinski definition) is 6. The van der Waals surface area contributed by atoms with Gasteiger partial charge in [0.2, 0.25) is 11.9 Å². The SMILES string of the molecule is CC(=O)N1CCN(c2ncc(C(=O)NCc3cccnc3)cn2)CC1. The van der Waals surface area contributed by atoms with Crippen molar-refractivity contribution in [1.82, 2.24) is 25.2 Å². The van der Waals surface area contributed by atoms with Crippen LogP contribution in [0.4, 0.5) is 5.95 Å². The predicted octanol–water partition coefficient (Wildman–Crippen LogP) is 0.470. The van der Waals surface area contributed by atoms with Crippen LogP contribution in [0.25, 0.3) is 0 Å². The van der Waals surface area contributed by atoms with E-state index in [1.54, 1.807) is 24.2 Å². The van der Waals surface area contributed by atoms with Gasteiger partial charge >= 0.3 is 0 Å². The monoisotopic (exact) mass is 340 g/mol. The molecule has 0 radical (unpaired) electrons. The van der Waals surface area contributed by atoms with Crippen LogP contribution in [-0.4, -0.2) is 57.8 Å². The van der Waals surface area contributed by atoms with Gasteiger partial charge in [-0.1, -0.05) is 6.07 Å². The fourth-order valence-electron chi connectivity index (χ4n) is 2.61. The lowest BCUT2D eigenvalue weighted by Gasteiger charge is -2.34. The van der Waals surface area contributed by atoms with Crippen molar-refractivity contribution in [1.29, 1.82) is 0 Å². The average molecular weight is 340 g/mol. The summed E-state index contributed by atoms with van der Waals surface area (Å²) < 4.78 is 0. The molecular weight excluding hydrogens is 320 g/mol. The summed E-state index contributed by atoms with van der Waals surface area (Å²) in [5.74, 6) is 0.435. The number of carbonyl (C=O) groups excluding carboxylic acids is 2. The van der Waals surface area contributed by atoms with Crippen LogP contribution in [0.5, 0.6) is 0 Å². The van der Waals surface area contributed by atoms with E-state index in [-0.39, 0.29) is 11.8 Å². The first kappa shape index (κ1) is 16.8. The van der Waals surface area contributed by atoms with E-state index in [1.165, 1.54) is 12.4 Å². The van der Waals surface area contributed by atoms with E-state index in [2.05, 4.69) is 20.3 Å². The largest absolute Gasteiger partial charge is 0.348 e. The van der Waals surface area contributed by atoms with E-state index in [0.717, 1.165) is 5.56 Å². The van der Waals surface area contributed by atoms with E-state index in [4.69, 9.17) is 0 Å². The van der Waals surface area contributed by atoms with Gasteiger partial charge in [0, 0.05) is 64.4 Å². The zero-order valence-corrected chi connectivity index (χ0v) is 14.1. The number of piperazine rings is 1. The Hall–Kier alpha value is -3.03. The van der Waals surface area contributed by atoms with Gasteiger partial charge in [-0.25, -0.2) is 9.97 Å². The van der Waals surface area contributed by atoms with Gasteiger partial charge in [0.05, 0.1) is 5.56 Å². The highest BCUT2D eigenvalue weighted by atomic mass is 16.2. The van der Waals surface area contributed by atoms with Gasteiger partial charge < -0.3 is 15.1 Å². The van der Waals surface area contributed by atoms with Crippen molar-refractivity contribution in [3.8, 4) is 0 Å². The molecule has 25 heavy (non-hydrogen) atoms. The molecule has 3 heterocycles. The van der Waals surface area contributed by atoms with Crippen LogP contribution in [-0.2, 0) is 11.3 Å². The maximum Gasteiger partial charge on any atom is 0.254 e. The summed E-state index contributed by atoms with van der Waals surface area (Å²) in [6.45, 7) is 4.67. The van der Waals surface area contributed by atoms with Gasteiger partial charge in [0.1, 0.15) is 0 Å². The molecule has 1 N–H and O–H groups in total. The molecule has 0 spiro atoms. The Kier molecular flexibility index (Phi) is 5.17. The van der Waals surface area contributed by atoms with Crippen molar-refractivity contribution in [3.63, 3.8) is 0 Å². The Morgan fingerprint density at radius 1 is 1.12 bits per heavy atom. The summed E-state index contributed by atoms with van der Waals surface area (Å²) in [5.41, 5.74) is 1.34. The Labute approximate surface area is 145 Å². The second-order valence-electron chi connectivity index (χ2n) is 5.81. The number of aromatic nitrogens is 3. The molecule has 0 atom stereocenters. The third-order valence-electron chi connectivity index (χ3n) is 4.08. The minimum atomic E-state index is -0.225. The van der Waals surface area contributed by atoms with Crippen LogP contribution in [0.2, 0.25) is 0 Å². The summed E-state index contributed by atoms with van der Waals surface area (Å²) in [5, 5.41) is 2.82. The number of hydrogen-bond donors (Lipinski definition) is 1. The van der Waals surface area contributed by atoms with Crippen molar-refractivity contribution in [2.45, 2.75) is 13.5 Å². The Morgan fingerprint density at radius 2 is 1.84 bits per heavy atom. The number of anilines is 1. The number of nitrogens with one attached hydrogen (secondary N) is 1. The van der Waals surface area contributed by atoms with Crippen molar-refractivity contribution in [2.24, 2.45) is 0 Å². The van der Waals surface area contributed by atoms with Crippen LogP contribution < -0.4 is 10.2 Å². The van der Waals surface area contributed by atoms with Crippen LogP contribution in [0.1, 0.15) is 22.8 Å². The van der Waals surface area contributed by atoms with Gasteiger partial charge in [0.25, 0.3) is 5.91 Å². The topological polar surface area (TPSA) is 91.3 Å². The second-order valence-corrected chi connectivity index (χ2v) is 5.81. The average Bonchev–Trinajstić information content (AvgIpc) is 2.67. The molecule has 2 amide bonds. The third-order valence-corrected chi connectivity index (χ3v) is 4.08. The van der Waals surface area contributed by atoms with Gasteiger partial charge in [-0.05, 0) is 11.6 Å². The first-order valence-electron chi connectivity index (χ1n) is 8.13. The molecule has 1 aliphatic rings. The number of amides is 2. The van der Waals surface area contributed by atoms with Gasteiger partial charge in [0.15, 0.2) is 0 Å². The van der Waals surface area contributed by atoms with Crippen molar-refractivity contribution in [3.05, 3.63) is 48.0 Å². The fraction of sp³-hybridized carbons (Fsp3) is 0.353. The molecule has 0 saturated carbocycles. The molecule has 2 aromatic rings. The van der Waals surface area contributed by atoms with Gasteiger partial charge in [-0.15, -0.1) is 0 Å². The number of pyridine rings is 1. The van der Waals surface area contributed by atoms with Crippen LogP contribution in [0.3, 0.4) is 0 Å². The van der Waals surface area contributed by atoms with E-state index >= 15 is 0 Å². The normalized spacial score (nSPS) is 14.3. The van der Waals surface area contributed by atoms with E-state index in [0.29, 0.717) is 44.2 Å². The van der Waals surface area contributed by atoms with Crippen molar-refractivity contribution < 1.29 is 9.59 Å². The van der Waals surface area contributed by atoms with Crippen LogP contribution >= 0.6 is 0 Å². The molecule has 0 aliphatic carbocycles. The molecule has 0 unspecified atom stereocenters. The number of carbonyl (C=O) groups is 2. The highest BCUT2D eigenvalue weighted by Crippen LogP contribution is 2.11. The minimum Gasteiger partial charge on any atom is -0.348 e. The summed E-state index contributed by atoms with van der Waals surface area (Å²) in [7, 11) is 0. The summed E-state index contributed by atoms with van der Waals surface area (Å²) in [4.78, 5) is 39.9. The van der Waals surface area contributed by atoms with Crippen molar-refractivity contribution in [2.75, 3.05) is 31.1 Å². The smallest absolute Gasteiger partial charge is 0.254 e. The van der Waals surface area contributed by atoms with Gasteiger partial charge in [-0.2, -0.15) is 0 Å². The molecule has 3 rings (SSSR count). The molecule has 2 aromatic heterocycles. The van der Waals surface area contributed by atoms with E-state index in [1.807, 2.05) is 17.0 Å². The highest BCUT2D eigenvalue weighted by Gasteiger charge is 2.20. The van der Waals surface area contributed by atoms with Crippen molar-refractivity contribution >= 4 is 17.8 Å². The predicted molar refractivity (Wildman–Crippen MR) is 91.9 cm³/mol. The molecule has 0 bridgehead atoms. The standard InChI is InChI=1S/C17H20N6O2/c1-13(24)22-5-7-23(8-6-22)17-20-11-15(12-21-17)16(25)19-10-14-3-2-4-18-9-14/h2-4,9,11-12H,5-8,10H2,1H3,(H,19,25). The summed E-state index contributed by atoms with van der Waals surface area (Å²) >= 11 is 0. The first-order chi connectivity index (χ1) is 12.1. The lowest BCUT2D eigenvalue weighted by molar-refractivity contribution is -0.129. The molecule has 8 nitrogen and oxygen atoms in total. The lowest BCUT2D eigenvalue weighted by Crippen LogP contribution is -2.48. The molecule has 8 heteroatoms. The molecular formula is C17H20N6O2. The molecule has 1 saturated heterocycles. The first-order valence-corrected chi connectivity index (χ1v) is 8.13. The Bertz CT molecular complexity index is 727. The lowest BCUT2D eigenvalue weighted by atomic mass is 10.2. The molecule has 1 fully saturated rings. The highest BCUT2D eigenvalue weighted by molar-refractivity contribution is 5.93. The molecule has 1 aliphatic heterocycles. The zero-order valence-electron chi connectivity index (χ0n) is 14.1. The number of rotatable bonds is 4. The maximum atomic E-state index is 12.2. The Morgan fingerprint density at radius 3 is 2.44 bits per heavy atom. The van der Waals surface area contributed by atoms with E-state index < -0.39 is 0 Å². The Balaban J connectivity index is 1.55. The third kappa shape index (κ3) is 4.28. The van der Waals surface area contributed by atoms with Crippen LogP contribution in [0.15, 0.2) is 36.9 Å². The minimum absolute atomic E-state index is 0.0844. The zero-order chi connectivity index (χ0) is 17.6. The van der Waals surface area contributed by atoms with Gasteiger partial charge in [-0.3, -0.25) is 14.6 Å². The van der Waals surface area contributed by atoms with E-state index in [9.17, 15) is 9.59 Å². The van der Waals surface area contributed by atoms with Crippen LogP contribution in [0, 0.1) is 0 Å². The fourth-order valence-corrected chi connectivity index (χ4v) is 2.61. The molecule has 0 aromatic carbocycles. The quantitative estimate of drug-likeness (QED) is 0.870. The maximum absolute atomic E-state index is 12.2. The number of nitrogens with zero attached hydrogens (tertiary/aromatic N) is 5. The summed E-state index contributed by atoms with van der Waals surface area (Å²) in [6.07, 6.45) is 6.45. The second kappa shape index (κ2) is 7.69. The summed E-state index contributed by atoms with van der Waals surface area (Å²) in [6, 6.07) is 3.72. The molecule has 130 valence electrons.